The maximum absolute atomic E-state index is 15.5. The van der Waals surface area contributed by atoms with E-state index in [-0.39, 0.29) is 11.4 Å². The van der Waals surface area contributed by atoms with E-state index < -0.39 is 11.6 Å². The smallest absolute Gasteiger partial charge is 0.166 e. The highest BCUT2D eigenvalue weighted by atomic mass is 19.2. The minimum Gasteiger partial charge on any atom is -0.207 e. The number of halogens is 3. The van der Waals surface area contributed by atoms with Crippen LogP contribution in [0, 0.1) is 35.2 Å². The van der Waals surface area contributed by atoms with E-state index in [2.05, 4.69) is 26.0 Å². The number of hydrogen-bond donors (Lipinski definition) is 0. The average Bonchev–Trinajstić information content (AvgIpc) is 3.08. The van der Waals surface area contributed by atoms with Crippen molar-refractivity contribution < 1.29 is 13.2 Å². The van der Waals surface area contributed by atoms with Crippen molar-refractivity contribution in [1.82, 2.24) is 0 Å². The fourth-order valence-electron chi connectivity index (χ4n) is 8.32. The Hall–Kier alpha value is -2.81. The lowest BCUT2D eigenvalue weighted by atomic mass is 9.68. The van der Waals surface area contributed by atoms with E-state index >= 15 is 8.78 Å². The molecule has 2 fully saturated rings. The molecule has 0 saturated heterocycles. The first kappa shape index (κ1) is 34.5. The molecule has 0 atom stereocenters. The highest BCUT2D eigenvalue weighted by Crippen LogP contribution is 2.45. The fourth-order valence-corrected chi connectivity index (χ4v) is 8.32. The molecule has 248 valence electrons. The topological polar surface area (TPSA) is 0 Å². The summed E-state index contributed by atoms with van der Waals surface area (Å²) in [6.07, 6.45) is 24.5. The SMILES string of the molecule is CC=CC1CCC(C2CCC(c3ccc(-c4ccc(-c5ccc(CCCCCCCCCC)c(F)c5F)cc4)cc3F)CC2)CC1. The van der Waals surface area contributed by atoms with Gasteiger partial charge in [0, 0.05) is 5.56 Å². The van der Waals surface area contributed by atoms with Crippen LogP contribution in [-0.2, 0) is 6.42 Å². The van der Waals surface area contributed by atoms with Crippen molar-refractivity contribution in [1.29, 1.82) is 0 Å². The molecule has 0 unspecified atom stereocenters. The summed E-state index contributed by atoms with van der Waals surface area (Å²) in [4.78, 5) is 0. The number of unbranched alkanes of at least 4 members (excludes halogenated alkanes) is 7. The zero-order valence-corrected chi connectivity index (χ0v) is 28.3. The van der Waals surface area contributed by atoms with Gasteiger partial charge in [0.1, 0.15) is 5.82 Å². The number of rotatable bonds is 14. The average molecular weight is 629 g/mol. The second-order valence-corrected chi connectivity index (χ2v) is 14.3. The van der Waals surface area contributed by atoms with Crippen LogP contribution in [-0.4, -0.2) is 0 Å². The van der Waals surface area contributed by atoms with E-state index in [4.69, 9.17) is 0 Å². The molecule has 3 aromatic rings. The van der Waals surface area contributed by atoms with E-state index in [1.165, 1.54) is 70.6 Å². The Labute approximate surface area is 276 Å². The van der Waals surface area contributed by atoms with Gasteiger partial charge in [-0.15, -0.1) is 0 Å². The van der Waals surface area contributed by atoms with Crippen LogP contribution >= 0.6 is 0 Å². The molecule has 0 aromatic heterocycles. The van der Waals surface area contributed by atoms with Crippen molar-refractivity contribution in [2.45, 2.75) is 129 Å². The molecule has 3 heteroatoms. The van der Waals surface area contributed by atoms with Crippen molar-refractivity contribution >= 4 is 0 Å². The van der Waals surface area contributed by atoms with Gasteiger partial charge in [-0.25, -0.2) is 13.2 Å². The Morgan fingerprint density at radius 2 is 1.20 bits per heavy atom. The summed E-state index contributed by atoms with van der Waals surface area (Å²) in [6, 6.07) is 16.5. The highest BCUT2D eigenvalue weighted by Gasteiger charge is 2.31. The summed E-state index contributed by atoms with van der Waals surface area (Å²) < 4.78 is 45.6. The van der Waals surface area contributed by atoms with Gasteiger partial charge in [-0.1, -0.05) is 113 Å². The first-order chi connectivity index (χ1) is 22.5. The van der Waals surface area contributed by atoms with Crippen molar-refractivity contribution in [3.63, 3.8) is 0 Å². The minimum absolute atomic E-state index is 0.128. The predicted molar refractivity (Wildman–Crippen MR) is 188 cm³/mol. The summed E-state index contributed by atoms with van der Waals surface area (Å²) in [5.41, 5.74) is 3.89. The third-order valence-corrected chi connectivity index (χ3v) is 11.2. The molecule has 0 N–H and O–H groups in total. The van der Waals surface area contributed by atoms with Crippen LogP contribution in [0.2, 0.25) is 0 Å². The number of benzene rings is 3. The van der Waals surface area contributed by atoms with Gasteiger partial charge in [0.25, 0.3) is 0 Å². The molecular weight excluding hydrogens is 573 g/mol. The van der Waals surface area contributed by atoms with E-state index in [1.807, 2.05) is 36.4 Å². The van der Waals surface area contributed by atoms with Crippen molar-refractivity contribution in [3.05, 3.63) is 95.3 Å². The third kappa shape index (κ3) is 8.96. The van der Waals surface area contributed by atoms with Gasteiger partial charge >= 0.3 is 0 Å². The van der Waals surface area contributed by atoms with Crippen LogP contribution in [0.4, 0.5) is 13.2 Å². The van der Waals surface area contributed by atoms with Gasteiger partial charge in [0.2, 0.25) is 0 Å². The Kier molecular flexibility index (Phi) is 13.0. The molecule has 3 aromatic carbocycles. The van der Waals surface area contributed by atoms with Crippen LogP contribution in [0.3, 0.4) is 0 Å². The lowest BCUT2D eigenvalue weighted by molar-refractivity contribution is 0.171. The van der Waals surface area contributed by atoms with E-state index in [0.717, 1.165) is 66.5 Å². The predicted octanol–water partition coefficient (Wildman–Crippen LogP) is 13.8. The van der Waals surface area contributed by atoms with Gasteiger partial charge in [0.15, 0.2) is 11.6 Å². The molecule has 2 aliphatic carbocycles. The van der Waals surface area contributed by atoms with Gasteiger partial charge in [0.05, 0.1) is 0 Å². The van der Waals surface area contributed by atoms with Gasteiger partial charge < -0.3 is 0 Å². The van der Waals surface area contributed by atoms with Crippen LogP contribution in [0.5, 0.6) is 0 Å². The van der Waals surface area contributed by atoms with Crippen LogP contribution in [0.1, 0.15) is 134 Å². The molecule has 0 radical (unpaired) electrons. The lowest BCUT2D eigenvalue weighted by Gasteiger charge is -2.37. The van der Waals surface area contributed by atoms with Crippen molar-refractivity contribution in [2.75, 3.05) is 0 Å². The van der Waals surface area contributed by atoms with Gasteiger partial charge in [-0.3, -0.25) is 0 Å². The Bertz CT molecular complexity index is 1390. The summed E-state index contributed by atoms with van der Waals surface area (Å²) in [7, 11) is 0. The number of hydrogen-bond acceptors (Lipinski definition) is 0. The van der Waals surface area contributed by atoms with Gasteiger partial charge in [-0.2, -0.15) is 0 Å². The second-order valence-electron chi connectivity index (χ2n) is 14.3. The molecule has 0 bridgehead atoms. The summed E-state index contributed by atoms with van der Waals surface area (Å²) in [5.74, 6) is 1.07. The Morgan fingerprint density at radius 3 is 1.83 bits per heavy atom. The first-order valence-electron chi connectivity index (χ1n) is 18.5. The molecule has 0 aliphatic heterocycles. The first-order valence-corrected chi connectivity index (χ1v) is 18.5. The van der Waals surface area contributed by atoms with Crippen LogP contribution in [0.25, 0.3) is 22.3 Å². The maximum Gasteiger partial charge on any atom is 0.166 e. The van der Waals surface area contributed by atoms with E-state index in [0.29, 0.717) is 23.5 Å². The maximum atomic E-state index is 15.5. The van der Waals surface area contributed by atoms with E-state index in [9.17, 15) is 4.39 Å². The molecule has 0 nitrogen and oxygen atoms in total. The van der Waals surface area contributed by atoms with Crippen LogP contribution in [0.15, 0.2) is 66.7 Å². The molecule has 0 heterocycles. The molecule has 5 rings (SSSR count). The lowest BCUT2D eigenvalue weighted by Crippen LogP contribution is -2.25. The normalized spacial score (nSPS) is 22.0. The quantitative estimate of drug-likeness (QED) is 0.123. The summed E-state index contributed by atoms with van der Waals surface area (Å²) in [5, 5.41) is 0. The largest absolute Gasteiger partial charge is 0.207 e. The minimum atomic E-state index is -0.781. The molecular formula is C43H55F3. The fraction of sp³-hybridized carbons (Fsp3) is 0.535. The number of allylic oxidation sites excluding steroid dienone is 2. The molecule has 2 saturated carbocycles. The monoisotopic (exact) mass is 628 g/mol. The summed E-state index contributed by atoms with van der Waals surface area (Å²) >= 11 is 0. The molecule has 46 heavy (non-hydrogen) atoms. The molecule has 0 spiro atoms. The standard InChI is InChI=1S/C43H55F3/c1-3-5-6-7-8-9-10-11-13-37-26-29-40(43(46)42(37)45)36-24-20-34(21-25-36)38-27-28-39(41(44)30-38)35-22-18-33(19-23-35)32-16-14-31(12-4-2)15-17-32/h4,12,20-21,24-33,35H,3,5-11,13-19,22-23H2,1-2H3. The van der Waals surface area contributed by atoms with Gasteiger partial charge in [-0.05, 0) is 129 Å². The zero-order valence-electron chi connectivity index (χ0n) is 28.3. The van der Waals surface area contributed by atoms with Crippen molar-refractivity contribution in [2.24, 2.45) is 17.8 Å². The second kappa shape index (κ2) is 17.4. The number of aryl methyl sites for hydroxylation is 1. The van der Waals surface area contributed by atoms with E-state index in [1.54, 1.807) is 18.2 Å². The Morgan fingerprint density at radius 1 is 0.609 bits per heavy atom. The summed E-state index contributed by atoms with van der Waals surface area (Å²) in [6.45, 7) is 4.34. The zero-order chi connectivity index (χ0) is 32.3. The highest BCUT2D eigenvalue weighted by molar-refractivity contribution is 5.71. The van der Waals surface area contributed by atoms with Crippen LogP contribution < -0.4 is 0 Å². The Balaban J connectivity index is 1.14. The van der Waals surface area contributed by atoms with Crippen molar-refractivity contribution in [3.8, 4) is 22.3 Å². The molecule has 0 amide bonds. The third-order valence-electron chi connectivity index (χ3n) is 11.2. The molecule has 2 aliphatic rings.